The van der Waals surface area contributed by atoms with Gasteiger partial charge < -0.3 is 20.3 Å². The van der Waals surface area contributed by atoms with E-state index in [1.165, 1.54) is 0 Å². The lowest BCUT2D eigenvalue weighted by molar-refractivity contribution is -0.124. The van der Waals surface area contributed by atoms with Gasteiger partial charge >= 0.3 is 0 Å². The quantitative estimate of drug-likeness (QED) is 0.737. The van der Waals surface area contributed by atoms with Crippen LogP contribution in [0, 0.1) is 0 Å². The van der Waals surface area contributed by atoms with E-state index in [0.717, 1.165) is 24.2 Å². The molecular formula is C21H29N5O3. The van der Waals surface area contributed by atoms with Crippen molar-refractivity contribution in [3.8, 4) is 5.75 Å². The number of nitrogens with one attached hydrogen (secondary N) is 2. The Hall–Kier alpha value is -2.87. The van der Waals surface area contributed by atoms with Gasteiger partial charge in [-0.15, -0.1) is 0 Å². The normalized spacial score (nSPS) is 15.8. The van der Waals surface area contributed by atoms with Crippen LogP contribution >= 0.6 is 0 Å². The van der Waals surface area contributed by atoms with E-state index >= 15 is 0 Å². The Labute approximate surface area is 171 Å². The van der Waals surface area contributed by atoms with Crippen LogP contribution in [0.2, 0.25) is 0 Å². The molecular weight excluding hydrogens is 370 g/mol. The van der Waals surface area contributed by atoms with Crippen LogP contribution in [0.4, 0.5) is 0 Å². The smallest absolute Gasteiger partial charge is 0.253 e. The molecule has 1 aliphatic heterocycles. The van der Waals surface area contributed by atoms with E-state index in [1.807, 2.05) is 37.2 Å². The molecule has 8 heteroatoms. The molecule has 156 valence electrons. The van der Waals surface area contributed by atoms with Gasteiger partial charge in [-0.2, -0.15) is 5.10 Å². The van der Waals surface area contributed by atoms with Crippen molar-refractivity contribution in [2.24, 2.45) is 7.05 Å². The number of aromatic nitrogens is 2. The number of likely N-dealkylation sites (N-methyl/N-ethyl adjacent to an activating group) is 1. The third-order valence-electron chi connectivity index (χ3n) is 5.15. The second kappa shape index (κ2) is 9.56. The van der Waals surface area contributed by atoms with Gasteiger partial charge in [0.25, 0.3) is 5.91 Å². The molecule has 1 aromatic heterocycles. The fraction of sp³-hybridized carbons (Fsp3) is 0.476. The van der Waals surface area contributed by atoms with Crippen LogP contribution < -0.4 is 15.4 Å². The third-order valence-corrected chi connectivity index (χ3v) is 5.15. The topological polar surface area (TPSA) is 88.5 Å². The lowest BCUT2D eigenvalue weighted by Gasteiger charge is -2.33. The van der Waals surface area contributed by atoms with Gasteiger partial charge in [0.1, 0.15) is 11.8 Å². The summed E-state index contributed by atoms with van der Waals surface area (Å²) < 4.78 is 7.10. The summed E-state index contributed by atoms with van der Waals surface area (Å²) in [5.74, 6) is 0.705. The van der Waals surface area contributed by atoms with Gasteiger partial charge in [0.05, 0.1) is 12.8 Å². The predicted molar refractivity (Wildman–Crippen MR) is 110 cm³/mol. The molecule has 2 aromatic rings. The van der Waals surface area contributed by atoms with Gasteiger partial charge in [0.15, 0.2) is 0 Å². The molecule has 0 radical (unpaired) electrons. The van der Waals surface area contributed by atoms with Crippen LogP contribution in [-0.4, -0.2) is 59.3 Å². The molecule has 2 amide bonds. The molecule has 1 aliphatic rings. The molecule has 29 heavy (non-hydrogen) atoms. The summed E-state index contributed by atoms with van der Waals surface area (Å²) in [5, 5.41) is 10.3. The molecule has 2 N–H and O–H groups in total. The molecule has 0 aliphatic carbocycles. The summed E-state index contributed by atoms with van der Waals surface area (Å²) in [6.07, 6.45) is 4.99. The summed E-state index contributed by atoms with van der Waals surface area (Å²) in [6.45, 7) is 3.77. The Morgan fingerprint density at radius 1 is 1.24 bits per heavy atom. The van der Waals surface area contributed by atoms with Crippen LogP contribution in [0.1, 0.15) is 41.7 Å². The SMILES string of the molecule is CCOc1ccc(C(=O)N2CCC(NC(=O)C(NC)c3cnn(C)c3)CC2)cc1. The van der Waals surface area contributed by atoms with Crippen molar-refractivity contribution in [3.05, 3.63) is 47.8 Å². The highest BCUT2D eigenvalue weighted by Crippen LogP contribution is 2.18. The number of rotatable bonds is 7. The average molecular weight is 399 g/mol. The zero-order chi connectivity index (χ0) is 20.8. The first kappa shape index (κ1) is 20.9. The minimum Gasteiger partial charge on any atom is -0.494 e. The van der Waals surface area contributed by atoms with Gasteiger partial charge in [-0.05, 0) is 51.1 Å². The van der Waals surface area contributed by atoms with E-state index < -0.39 is 6.04 Å². The molecule has 1 saturated heterocycles. The lowest BCUT2D eigenvalue weighted by atomic mass is 10.0. The number of amides is 2. The first-order valence-electron chi connectivity index (χ1n) is 10.00. The standard InChI is InChI=1S/C21H29N5O3/c1-4-29-18-7-5-15(6-8-18)21(28)26-11-9-17(10-12-26)24-20(27)19(22-2)16-13-23-25(3)14-16/h5-8,13-14,17,19,22H,4,9-12H2,1-3H3,(H,24,27). The zero-order valence-corrected chi connectivity index (χ0v) is 17.2. The number of carbonyl (C=O) groups is 2. The number of likely N-dealkylation sites (tertiary alicyclic amines) is 1. The highest BCUT2D eigenvalue weighted by Gasteiger charge is 2.27. The largest absolute Gasteiger partial charge is 0.494 e. The summed E-state index contributed by atoms with van der Waals surface area (Å²) >= 11 is 0. The van der Waals surface area contributed by atoms with Crippen LogP contribution in [0.3, 0.4) is 0 Å². The molecule has 1 unspecified atom stereocenters. The number of benzene rings is 1. The highest BCUT2D eigenvalue weighted by molar-refractivity contribution is 5.94. The van der Waals surface area contributed by atoms with Gasteiger partial charge in [0.2, 0.25) is 5.91 Å². The molecule has 1 atom stereocenters. The maximum atomic E-state index is 12.7. The molecule has 1 aromatic carbocycles. The summed E-state index contributed by atoms with van der Waals surface area (Å²) in [7, 11) is 3.58. The van der Waals surface area contributed by atoms with Gasteiger partial charge in [-0.3, -0.25) is 14.3 Å². The number of hydrogen-bond acceptors (Lipinski definition) is 5. The Kier molecular flexibility index (Phi) is 6.87. The van der Waals surface area contributed by atoms with Crippen molar-refractivity contribution in [2.45, 2.75) is 31.8 Å². The van der Waals surface area contributed by atoms with Crippen molar-refractivity contribution < 1.29 is 14.3 Å². The van der Waals surface area contributed by atoms with Crippen LogP contribution in [0.15, 0.2) is 36.7 Å². The lowest BCUT2D eigenvalue weighted by Crippen LogP contribution is -2.48. The zero-order valence-electron chi connectivity index (χ0n) is 17.2. The monoisotopic (exact) mass is 399 g/mol. The van der Waals surface area contributed by atoms with Crippen molar-refractivity contribution >= 4 is 11.8 Å². The fourth-order valence-electron chi connectivity index (χ4n) is 3.59. The van der Waals surface area contributed by atoms with E-state index in [2.05, 4.69) is 15.7 Å². The number of nitrogens with zero attached hydrogens (tertiary/aromatic N) is 3. The average Bonchev–Trinajstić information content (AvgIpc) is 3.15. The molecule has 8 nitrogen and oxygen atoms in total. The van der Waals surface area contributed by atoms with E-state index in [4.69, 9.17) is 4.74 Å². The maximum Gasteiger partial charge on any atom is 0.253 e. The summed E-state index contributed by atoms with van der Waals surface area (Å²) in [6, 6.07) is 6.85. The molecule has 3 rings (SSSR count). The number of carbonyl (C=O) groups excluding carboxylic acids is 2. The van der Waals surface area contributed by atoms with E-state index in [1.54, 1.807) is 30.1 Å². The van der Waals surface area contributed by atoms with Gasteiger partial charge in [-0.25, -0.2) is 0 Å². The molecule has 0 spiro atoms. The Morgan fingerprint density at radius 2 is 1.93 bits per heavy atom. The van der Waals surface area contributed by atoms with E-state index in [-0.39, 0.29) is 17.9 Å². The Morgan fingerprint density at radius 3 is 2.48 bits per heavy atom. The second-order valence-electron chi connectivity index (χ2n) is 7.20. The first-order chi connectivity index (χ1) is 14.0. The van der Waals surface area contributed by atoms with Crippen molar-refractivity contribution in [1.82, 2.24) is 25.3 Å². The molecule has 0 bridgehead atoms. The number of piperidine rings is 1. The van der Waals surface area contributed by atoms with Gasteiger partial charge in [0, 0.05) is 43.5 Å². The van der Waals surface area contributed by atoms with Crippen molar-refractivity contribution in [3.63, 3.8) is 0 Å². The maximum absolute atomic E-state index is 12.7. The van der Waals surface area contributed by atoms with Gasteiger partial charge in [-0.1, -0.05) is 0 Å². The van der Waals surface area contributed by atoms with Crippen LogP contribution in [0.5, 0.6) is 5.75 Å². The molecule has 2 heterocycles. The van der Waals surface area contributed by atoms with E-state index in [9.17, 15) is 9.59 Å². The third kappa shape index (κ3) is 5.14. The summed E-state index contributed by atoms with van der Waals surface area (Å²) in [5.41, 5.74) is 1.48. The summed E-state index contributed by atoms with van der Waals surface area (Å²) in [4.78, 5) is 27.2. The van der Waals surface area contributed by atoms with Crippen LogP contribution in [-0.2, 0) is 11.8 Å². The predicted octanol–water partition coefficient (Wildman–Crippen LogP) is 1.50. The molecule has 0 saturated carbocycles. The number of ether oxygens (including phenoxy) is 1. The number of aryl methyl sites for hydroxylation is 1. The molecule has 1 fully saturated rings. The van der Waals surface area contributed by atoms with Crippen molar-refractivity contribution in [1.29, 1.82) is 0 Å². The minimum absolute atomic E-state index is 0.0151. The Bertz CT molecular complexity index is 825. The first-order valence-corrected chi connectivity index (χ1v) is 10.00. The number of hydrogen-bond donors (Lipinski definition) is 2. The van der Waals surface area contributed by atoms with E-state index in [0.29, 0.717) is 25.3 Å². The fourth-order valence-corrected chi connectivity index (χ4v) is 3.59. The highest BCUT2D eigenvalue weighted by atomic mass is 16.5. The minimum atomic E-state index is -0.438. The second-order valence-corrected chi connectivity index (χ2v) is 7.20. The van der Waals surface area contributed by atoms with Crippen molar-refractivity contribution in [2.75, 3.05) is 26.7 Å². The Balaban J connectivity index is 1.51. The van der Waals surface area contributed by atoms with Crippen LogP contribution in [0.25, 0.3) is 0 Å².